The summed E-state index contributed by atoms with van der Waals surface area (Å²) in [7, 11) is 1.59. The van der Waals surface area contributed by atoms with Gasteiger partial charge >= 0.3 is 5.97 Å². The Labute approximate surface area is 115 Å². The maximum atomic E-state index is 11.6. The number of rotatable bonds is 5. The largest absolute Gasteiger partial charge is 0.480 e. The number of nitrogens with zero attached hydrogens (tertiary/aromatic N) is 2. The standard InChI is InChI=1S/C10H15N3O3S.ClH/c1-6-5-17-10(11-6)12-8(14)4-13(3)7(2)9(15)16;/h5,7H,4H2,1-3H3,(H,15,16)(H,11,12,14);1H. The fourth-order valence-corrected chi connectivity index (χ4v) is 1.83. The van der Waals surface area contributed by atoms with Crippen molar-refractivity contribution in [1.29, 1.82) is 0 Å². The Kier molecular flexibility index (Phi) is 6.82. The lowest BCUT2D eigenvalue weighted by atomic mass is 10.3. The molecule has 1 aromatic rings. The summed E-state index contributed by atoms with van der Waals surface area (Å²) >= 11 is 1.34. The molecule has 1 rings (SSSR count). The monoisotopic (exact) mass is 293 g/mol. The minimum Gasteiger partial charge on any atom is -0.480 e. The Hall–Kier alpha value is -1.18. The number of carbonyl (C=O) groups is 2. The predicted molar refractivity (Wildman–Crippen MR) is 72.5 cm³/mol. The van der Waals surface area contributed by atoms with Gasteiger partial charge in [0, 0.05) is 5.38 Å². The number of hydrogen-bond donors (Lipinski definition) is 2. The van der Waals surface area contributed by atoms with E-state index in [0.717, 1.165) is 5.69 Å². The van der Waals surface area contributed by atoms with E-state index in [-0.39, 0.29) is 24.9 Å². The first-order valence-corrected chi connectivity index (χ1v) is 5.93. The highest BCUT2D eigenvalue weighted by atomic mass is 35.5. The van der Waals surface area contributed by atoms with Crippen molar-refractivity contribution in [2.45, 2.75) is 19.9 Å². The van der Waals surface area contributed by atoms with Crippen LogP contribution in [0.4, 0.5) is 5.13 Å². The molecular weight excluding hydrogens is 278 g/mol. The van der Waals surface area contributed by atoms with Crippen LogP contribution in [0.1, 0.15) is 12.6 Å². The van der Waals surface area contributed by atoms with Crippen molar-refractivity contribution in [2.24, 2.45) is 0 Å². The first-order valence-electron chi connectivity index (χ1n) is 5.05. The van der Waals surface area contributed by atoms with Crippen LogP contribution in [0.5, 0.6) is 0 Å². The van der Waals surface area contributed by atoms with Crippen LogP contribution in [0.2, 0.25) is 0 Å². The van der Waals surface area contributed by atoms with Crippen molar-refractivity contribution in [3.63, 3.8) is 0 Å². The summed E-state index contributed by atoms with van der Waals surface area (Å²) < 4.78 is 0. The molecule has 102 valence electrons. The van der Waals surface area contributed by atoms with E-state index in [9.17, 15) is 9.59 Å². The number of carboxylic acid groups (broad SMARTS) is 1. The lowest BCUT2D eigenvalue weighted by Gasteiger charge is -2.19. The average molecular weight is 294 g/mol. The molecule has 0 spiro atoms. The zero-order valence-electron chi connectivity index (χ0n) is 10.3. The number of halogens is 1. The van der Waals surface area contributed by atoms with Gasteiger partial charge in [0.25, 0.3) is 0 Å². The number of aliphatic carboxylic acids is 1. The van der Waals surface area contributed by atoms with Gasteiger partial charge in [-0.25, -0.2) is 4.98 Å². The summed E-state index contributed by atoms with van der Waals surface area (Å²) in [4.78, 5) is 27.8. The fraction of sp³-hybridized carbons (Fsp3) is 0.500. The highest BCUT2D eigenvalue weighted by Gasteiger charge is 2.19. The molecule has 6 nitrogen and oxygen atoms in total. The summed E-state index contributed by atoms with van der Waals surface area (Å²) in [5.41, 5.74) is 0.845. The first kappa shape index (κ1) is 16.8. The second-order valence-electron chi connectivity index (χ2n) is 3.77. The Morgan fingerprint density at radius 1 is 1.61 bits per heavy atom. The summed E-state index contributed by atoms with van der Waals surface area (Å²) in [6, 6.07) is -0.696. The Morgan fingerprint density at radius 3 is 2.67 bits per heavy atom. The summed E-state index contributed by atoms with van der Waals surface area (Å²) in [6.45, 7) is 3.39. The van der Waals surface area contributed by atoms with Crippen molar-refractivity contribution in [3.05, 3.63) is 11.1 Å². The molecule has 0 fully saturated rings. The van der Waals surface area contributed by atoms with Gasteiger partial charge in [-0.05, 0) is 20.9 Å². The predicted octanol–water partition coefficient (Wildman–Crippen LogP) is 1.22. The molecular formula is C10H16ClN3O3S. The van der Waals surface area contributed by atoms with Gasteiger partial charge in [-0.2, -0.15) is 0 Å². The Morgan fingerprint density at radius 2 is 2.22 bits per heavy atom. The summed E-state index contributed by atoms with van der Waals surface area (Å²) in [5, 5.41) is 13.8. The Balaban J connectivity index is 0.00000289. The van der Waals surface area contributed by atoms with Crippen LogP contribution in [0.15, 0.2) is 5.38 Å². The highest BCUT2D eigenvalue weighted by Crippen LogP contribution is 2.14. The molecule has 8 heteroatoms. The maximum Gasteiger partial charge on any atom is 0.320 e. The van der Waals surface area contributed by atoms with Gasteiger partial charge < -0.3 is 10.4 Å². The molecule has 18 heavy (non-hydrogen) atoms. The number of hydrogen-bond acceptors (Lipinski definition) is 5. The number of anilines is 1. The second kappa shape index (κ2) is 7.30. The van der Waals surface area contributed by atoms with Crippen LogP contribution in [-0.2, 0) is 9.59 Å². The van der Waals surface area contributed by atoms with Crippen molar-refractivity contribution >= 4 is 40.8 Å². The van der Waals surface area contributed by atoms with E-state index in [1.165, 1.54) is 23.2 Å². The molecule has 1 aromatic heterocycles. The lowest BCUT2D eigenvalue weighted by Crippen LogP contribution is -2.40. The van der Waals surface area contributed by atoms with Crippen molar-refractivity contribution in [1.82, 2.24) is 9.88 Å². The lowest BCUT2D eigenvalue weighted by molar-refractivity contribution is -0.142. The van der Waals surface area contributed by atoms with Crippen LogP contribution in [0.3, 0.4) is 0 Å². The molecule has 0 aliphatic rings. The molecule has 0 saturated heterocycles. The van der Waals surface area contributed by atoms with E-state index in [2.05, 4.69) is 10.3 Å². The van der Waals surface area contributed by atoms with Gasteiger partial charge in [0.2, 0.25) is 5.91 Å². The average Bonchev–Trinajstić information content (AvgIpc) is 2.62. The molecule has 1 heterocycles. The van der Waals surface area contributed by atoms with Crippen molar-refractivity contribution in [2.75, 3.05) is 18.9 Å². The number of carboxylic acids is 1. The van der Waals surface area contributed by atoms with Gasteiger partial charge in [0.05, 0.1) is 12.2 Å². The zero-order valence-corrected chi connectivity index (χ0v) is 12.0. The van der Waals surface area contributed by atoms with Gasteiger partial charge in [0.15, 0.2) is 5.13 Å². The smallest absolute Gasteiger partial charge is 0.320 e. The van der Waals surface area contributed by atoms with Crippen LogP contribution in [0, 0.1) is 6.92 Å². The van der Waals surface area contributed by atoms with Crippen LogP contribution >= 0.6 is 23.7 Å². The molecule has 0 bridgehead atoms. The van der Waals surface area contributed by atoms with E-state index < -0.39 is 12.0 Å². The van der Waals surface area contributed by atoms with Gasteiger partial charge in [0.1, 0.15) is 6.04 Å². The number of likely N-dealkylation sites (N-methyl/N-ethyl adjacent to an activating group) is 1. The number of thiazole rings is 1. The second-order valence-corrected chi connectivity index (χ2v) is 4.63. The zero-order chi connectivity index (χ0) is 13.0. The van der Waals surface area contributed by atoms with Crippen molar-refractivity contribution < 1.29 is 14.7 Å². The minimum atomic E-state index is -0.953. The number of amides is 1. The van der Waals surface area contributed by atoms with Gasteiger partial charge in [-0.15, -0.1) is 23.7 Å². The van der Waals surface area contributed by atoms with Crippen molar-refractivity contribution in [3.8, 4) is 0 Å². The van der Waals surface area contributed by atoms with Crippen LogP contribution in [-0.4, -0.2) is 46.5 Å². The van der Waals surface area contributed by atoms with E-state index in [1.807, 2.05) is 12.3 Å². The van der Waals surface area contributed by atoms with E-state index >= 15 is 0 Å². The number of aromatic nitrogens is 1. The topological polar surface area (TPSA) is 82.5 Å². The molecule has 0 radical (unpaired) electrons. The van der Waals surface area contributed by atoms with Crippen LogP contribution in [0.25, 0.3) is 0 Å². The minimum absolute atomic E-state index is 0. The summed E-state index contributed by atoms with van der Waals surface area (Å²) in [5.74, 6) is -1.22. The Bertz CT molecular complexity index is 424. The first-order chi connectivity index (χ1) is 7.90. The molecule has 0 aromatic carbocycles. The van der Waals surface area contributed by atoms with E-state index in [1.54, 1.807) is 7.05 Å². The molecule has 1 amide bonds. The summed E-state index contributed by atoms with van der Waals surface area (Å²) in [6.07, 6.45) is 0. The number of aryl methyl sites for hydroxylation is 1. The molecule has 1 atom stereocenters. The molecule has 1 unspecified atom stereocenters. The third kappa shape index (κ3) is 4.99. The molecule has 0 saturated carbocycles. The normalized spacial score (nSPS) is 11.8. The van der Waals surface area contributed by atoms with Gasteiger partial charge in [-0.1, -0.05) is 0 Å². The van der Waals surface area contributed by atoms with E-state index in [0.29, 0.717) is 5.13 Å². The van der Waals surface area contributed by atoms with Gasteiger partial charge in [-0.3, -0.25) is 14.5 Å². The number of carbonyl (C=O) groups excluding carboxylic acids is 1. The highest BCUT2D eigenvalue weighted by molar-refractivity contribution is 7.13. The molecule has 2 N–H and O–H groups in total. The van der Waals surface area contributed by atoms with E-state index in [4.69, 9.17) is 5.11 Å². The quantitative estimate of drug-likeness (QED) is 0.853. The third-order valence-electron chi connectivity index (χ3n) is 2.28. The molecule has 0 aliphatic carbocycles. The molecule has 0 aliphatic heterocycles. The number of nitrogens with one attached hydrogen (secondary N) is 1. The fourth-order valence-electron chi connectivity index (χ4n) is 1.12. The third-order valence-corrected chi connectivity index (χ3v) is 3.15. The van der Waals surface area contributed by atoms with Crippen LogP contribution < -0.4 is 5.32 Å². The maximum absolute atomic E-state index is 11.6. The SMILES string of the molecule is Cc1csc(NC(=O)CN(C)C(C)C(=O)O)n1.Cl.